The summed E-state index contributed by atoms with van der Waals surface area (Å²) in [5.41, 5.74) is 3.83. The van der Waals surface area contributed by atoms with Gasteiger partial charge in [-0.15, -0.1) is 0 Å². The fourth-order valence-electron chi connectivity index (χ4n) is 8.10. The van der Waals surface area contributed by atoms with E-state index < -0.39 is 17.2 Å². The molecule has 272 valence electrons. The van der Waals surface area contributed by atoms with Gasteiger partial charge in [0.15, 0.2) is 11.6 Å². The Labute approximate surface area is 311 Å². The van der Waals surface area contributed by atoms with Crippen LogP contribution in [0.25, 0.3) is 22.4 Å². The summed E-state index contributed by atoms with van der Waals surface area (Å²) in [5, 5.41) is 23.3. The van der Waals surface area contributed by atoms with Gasteiger partial charge in [0.1, 0.15) is 5.75 Å². The second-order valence-electron chi connectivity index (χ2n) is 14.3. The molecule has 1 saturated heterocycles. The van der Waals surface area contributed by atoms with E-state index in [1.165, 1.54) is 0 Å². The third kappa shape index (κ3) is 7.19. The molecule has 1 aliphatic heterocycles. The zero-order valence-corrected chi connectivity index (χ0v) is 30.3. The first-order valence-corrected chi connectivity index (χ1v) is 18.3. The standard InChI is InChI=1S/C39H41Cl2FN6O4/c1-52-30-17-23(5-6-24(30)18-43-20-26-7-8-31(49)47-26)35-33(41)28(10-16-45-35)27-3-2-4-29(32(27)40)48-36-34(42)25(9-15-46-36)19-44-22-38-11-13-39(21-38,14-12-38)37(50)51/h2-6,9-10,15-17,26,43-44H,7-8,11-14,18-22H2,1H3,(H,46,48)(H,47,49)(H,50,51)/t26-,38?,39?/m1/s1. The van der Waals surface area contributed by atoms with Gasteiger partial charge in [-0.1, -0.05) is 47.5 Å². The molecule has 1 atom stereocenters. The molecular formula is C39H41Cl2FN6O4. The molecule has 2 aliphatic carbocycles. The molecule has 2 saturated carbocycles. The maximum Gasteiger partial charge on any atom is 0.309 e. The zero-order chi connectivity index (χ0) is 36.5. The number of carbonyl (C=O) groups excluding carboxylic acids is 1. The van der Waals surface area contributed by atoms with Gasteiger partial charge in [0.2, 0.25) is 5.91 Å². The lowest BCUT2D eigenvalue weighted by Gasteiger charge is -2.27. The third-order valence-electron chi connectivity index (χ3n) is 11.0. The summed E-state index contributed by atoms with van der Waals surface area (Å²) in [6.45, 7) is 2.17. The summed E-state index contributed by atoms with van der Waals surface area (Å²) >= 11 is 14.0. The first-order valence-electron chi connectivity index (χ1n) is 17.6. The van der Waals surface area contributed by atoms with Crippen LogP contribution in [0.1, 0.15) is 56.1 Å². The summed E-state index contributed by atoms with van der Waals surface area (Å²) in [6.07, 6.45) is 8.44. The van der Waals surface area contributed by atoms with Crippen molar-refractivity contribution in [2.24, 2.45) is 10.8 Å². The molecule has 2 aromatic carbocycles. The highest BCUT2D eigenvalue weighted by Crippen LogP contribution is 2.61. The minimum absolute atomic E-state index is 0.0410. The molecule has 13 heteroatoms. The van der Waals surface area contributed by atoms with Crippen molar-refractivity contribution in [2.75, 3.05) is 25.5 Å². The molecule has 7 rings (SSSR count). The number of hydrogen-bond acceptors (Lipinski definition) is 8. The first-order chi connectivity index (χ1) is 25.1. The number of halogens is 3. The van der Waals surface area contributed by atoms with Crippen LogP contribution < -0.4 is 26.0 Å². The quantitative estimate of drug-likeness (QED) is 0.0888. The van der Waals surface area contributed by atoms with Gasteiger partial charge >= 0.3 is 5.97 Å². The van der Waals surface area contributed by atoms with E-state index in [1.807, 2.05) is 30.3 Å². The van der Waals surface area contributed by atoms with Crippen LogP contribution in [0, 0.1) is 16.6 Å². The Balaban J connectivity index is 1.04. The summed E-state index contributed by atoms with van der Waals surface area (Å²) in [7, 11) is 1.62. The van der Waals surface area contributed by atoms with Crippen molar-refractivity contribution in [2.45, 2.75) is 64.1 Å². The number of methoxy groups -OCH3 is 1. The van der Waals surface area contributed by atoms with E-state index >= 15 is 4.39 Å². The van der Waals surface area contributed by atoms with Crippen molar-refractivity contribution in [3.8, 4) is 28.1 Å². The molecule has 0 unspecified atom stereocenters. The smallest absolute Gasteiger partial charge is 0.309 e. The number of amides is 1. The lowest BCUT2D eigenvalue weighted by molar-refractivity contribution is -0.148. The van der Waals surface area contributed by atoms with Crippen LogP contribution in [0.4, 0.5) is 15.9 Å². The Morgan fingerprint density at radius 3 is 2.50 bits per heavy atom. The molecule has 2 bridgehead atoms. The number of anilines is 2. The van der Waals surface area contributed by atoms with Crippen molar-refractivity contribution in [3.05, 3.63) is 87.9 Å². The Morgan fingerprint density at radius 2 is 1.77 bits per heavy atom. The van der Waals surface area contributed by atoms with Crippen LogP contribution in [0.15, 0.2) is 60.9 Å². The number of carboxylic acid groups (broad SMARTS) is 1. The number of ether oxygens (including phenoxy) is 1. The lowest BCUT2D eigenvalue weighted by Crippen LogP contribution is -2.35. The number of carbonyl (C=O) groups is 2. The van der Waals surface area contributed by atoms with Crippen molar-refractivity contribution in [1.29, 1.82) is 0 Å². The van der Waals surface area contributed by atoms with Crippen LogP contribution in [0.2, 0.25) is 10.0 Å². The average Bonchev–Trinajstić information content (AvgIpc) is 3.85. The number of aromatic nitrogens is 2. The van der Waals surface area contributed by atoms with E-state index in [2.05, 4.69) is 31.2 Å². The topological polar surface area (TPSA) is 138 Å². The number of rotatable bonds is 14. The second kappa shape index (κ2) is 15.0. The number of fused-ring (bicyclic) bond motifs is 2. The molecule has 4 aromatic rings. The predicted molar refractivity (Wildman–Crippen MR) is 199 cm³/mol. The molecule has 52 heavy (non-hydrogen) atoms. The van der Waals surface area contributed by atoms with Gasteiger partial charge in [-0.2, -0.15) is 0 Å². The van der Waals surface area contributed by atoms with E-state index in [0.717, 1.165) is 30.4 Å². The third-order valence-corrected chi connectivity index (χ3v) is 11.8. The fourth-order valence-corrected chi connectivity index (χ4v) is 8.69. The molecular weight excluding hydrogens is 706 g/mol. The van der Waals surface area contributed by atoms with Gasteiger partial charge < -0.3 is 31.1 Å². The minimum atomic E-state index is -0.693. The summed E-state index contributed by atoms with van der Waals surface area (Å²) in [5.74, 6) is -0.378. The van der Waals surface area contributed by atoms with Crippen molar-refractivity contribution < 1.29 is 23.8 Å². The van der Waals surface area contributed by atoms with E-state index in [-0.39, 0.29) is 29.7 Å². The fraction of sp³-hybridized carbons (Fsp3) is 0.385. The molecule has 3 aliphatic rings. The van der Waals surface area contributed by atoms with Crippen LogP contribution >= 0.6 is 23.2 Å². The van der Waals surface area contributed by atoms with Gasteiger partial charge in [0.25, 0.3) is 0 Å². The Kier molecular flexibility index (Phi) is 10.4. The first kappa shape index (κ1) is 36.1. The van der Waals surface area contributed by atoms with Gasteiger partial charge in [-0.25, -0.2) is 9.37 Å². The molecule has 3 heterocycles. The molecule has 2 aromatic heterocycles. The molecule has 0 spiro atoms. The number of aliphatic carboxylic acids is 1. The second-order valence-corrected chi connectivity index (χ2v) is 15.0. The number of hydrogen-bond donors (Lipinski definition) is 5. The summed E-state index contributed by atoms with van der Waals surface area (Å²) in [4.78, 5) is 32.2. The van der Waals surface area contributed by atoms with Crippen LogP contribution in [-0.2, 0) is 22.7 Å². The van der Waals surface area contributed by atoms with Gasteiger partial charge in [-0.05, 0) is 68.2 Å². The Bertz CT molecular complexity index is 2000. The average molecular weight is 748 g/mol. The largest absolute Gasteiger partial charge is 0.496 e. The highest BCUT2D eigenvalue weighted by molar-refractivity contribution is 6.39. The van der Waals surface area contributed by atoms with Crippen LogP contribution in [-0.4, -0.2) is 53.2 Å². The summed E-state index contributed by atoms with van der Waals surface area (Å²) < 4.78 is 21.5. The van der Waals surface area contributed by atoms with Gasteiger partial charge in [0.05, 0.1) is 34.0 Å². The Morgan fingerprint density at radius 1 is 1.00 bits per heavy atom. The number of pyridine rings is 2. The molecule has 0 radical (unpaired) electrons. The number of benzene rings is 2. The van der Waals surface area contributed by atoms with Crippen molar-refractivity contribution in [3.63, 3.8) is 0 Å². The van der Waals surface area contributed by atoms with Crippen molar-refractivity contribution in [1.82, 2.24) is 25.9 Å². The van der Waals surface area contributed by atoms with E-state index in [4.69, 9.17) is 27.9 Å². The van der Waals surface area contributed by atoms with E-state index in [9.17, 15) is 14.7 Å². The highest BCUT2D eigenvalue weighted by atomic mass is 35.5. The monoisotopic (exact) mass is 746 g/mol. The number of nitrogens with zero attached hydrogens (tertiary/aromatic N) is 2. The minimum Gasteiger partial charge on any atom is -0.496 e. The summed E-state index contributed by atoms with van der Waals surface area (Å²) in [6, 6.07) is 14.8. The molecule has 1 amide bonds. The number of carboxylic acids is 1. The van der Waals surface area contributed by atoms with Crippen LogP contribution in [0.3, 0.4) is 0 Å². The van der Waals surface area contributed by atoms with E-state index in [0.29, 0.717) is 89.2 Å². The normalized spacial score (nSPS) is 22.1. The maximum absolute atomic E-state index is 15.8. The highest BCUT2D eigenvalue weighted by Gasteiger charge is 2.57. The SMILES string of the molecule is COc1cc(-c2nccc(-c3cccc(Nc4nccc(CNCC56CCC(C(=O)O)(CC5)C6)c4F)c3Cl)c2Cl)ccc1CNC[C@H]1CCC(=O)N1. The number of nitrogens with one attached hydrogen (secondary N) is 4. The molecule has 5 N–H and O–H groups in total. The van der Waals surface area contributed by atoms with E-state index in [1.54, 1.807) is 37.7 Å². The molecule has 3 fully saturated rings. The van der Waals surface area contributed by atoms with Crippen molar-refractivity contribution >= 4 is 46.6 Å². The zero-order valence-electron chi connectivity index (χ0n) is 28.8. The van der Waals surface area contributed by atoms with Gasteiger partial charge in [0, 0.05) is 78.9 Å². The molecule has 10 nitrogen and oxygen atoms in total. The van der Waals surface area contributed by atoms with Gasteiger partial charge in [-0.3, -0.25) is 14.6 Å². The van der Waals surface area contributed by atoms with Crippen LogP contribution in [0.5, 0.6) is 5.75 Å². The predicted octanol–water partition coefficient (Wildman–Crippen LogP) is 7.50. The Hall–Kier alpha value is -4.29. The lowest BCUT2D eigenvalue weighted by atomic mass is 9.82. The maximum atomic E-state index is 15.8.